The standard InChI is InChI=1S/C16H15FO2S/c1-12-5-6-13(17)10-16(12)19-11-15-8-7-14(20-15)4-2-3-9-18/h5-8,10,18H,3,9,11H2,1H3. The molecule has 0 aliphatic carbocycles. The molecular formula is C16H15FO2S. The first-order valence-corrected chi connectivity index (χ1v) is 7.08. The molecule has 2 rings (SSSR count). The number of hydrogen-bond donors (Lipinski definition) is 1. The molecule has 2 aromatic rings. The predicted octanol–water partition coefficient (Wildman–Crippen LogP) is 3.51. The molecule has 1 heterocycles. The van der Waals surface area contributed by atoms with E-state index >= 15 is 0 Å². The first kappa shape index (κ1) is 14.6. The van der Waals surface area contributed by atoms with Crippen molar-refractivity contribution in [3.05, 3.63) is 51.5 Å². The van der Waals surface area contributed by atoms with Gasteiger partial charge in [-0.25, -0.2) is 4.39 Å². The van der Waals surface area contributed by atoms with E-state index in [0.29, 0.717) is 18.8 Å². The molecule has 0 unspecified atom stereocenters. The molecule has 0 saturated carbocycles. The van der Waals surface area contributed by atoms with E-state index in [9.17, 15) is 4.39 Å². The number of thiophene rings is 1. The van der Waals surface area contributed by atoms with Gasteiger partial charge in [-0.2, -0.15) is 0 Å². The fraction of sp³-hybridized carbons (Fsp3) is 0.250. The molecule has 0 amide bonds. The van der Waals surface area contributed by atoms with Crippen LogP contribution < -0.4 is 4.74 Å². The van der Waals surface area contributed by atoms with Crippen LogP contribution in [0.1, 0.15) is 21.7 Å². The van der Waals surface area contributed by atoms with Gasteiger partial charge in [-0.05, 0) is 30.7 Å². The molecule has 20 heavy (non-hydrogen) atoms. The van der Waals surface area contributed by atoms with Gasteiger partial charge in [0.25, 0.3) is 0 Å². The summed E-state index contributed by atoms with van der Waals surface area (Å²) >= 11 is 1.54. The van der Waals surface area contributed by atoms with Gasteiger partial charge >= 0.3 is 0 Å². The Morgan fingerprint density at radius 2 is 2.15 bits per heavy atom. The molecule has 4 heteroatoms. The highest BCUT2D eigenvalue weighted by atomic mass is 32.1. The van der Waals surface area contributed by atoms with E-state index in [4.69, 9.17) is 9.84 Å². The summed E-state index contributed by atoms with van der Waals surface area (Å²) in [4.78, 5) is 1.97. The molecule has 104 valence electrons. The normalized spacial score (nSPS) is 9.95. The summed E-state index contributed by atoms with van der Waals surface area (Å²) in [7, 11) is 0. The topological polar surface area (TPSA) is 29.5 Å². The number of ether oxygens (including phenoxy) is 1. The number of halogens is 1. The van der Waals surface area contributed by atoms with E-state index in [2.05, 4.69) is 11.8 Å². The zero-order valence-corrected chi connectivity index (χ0v) is 12.0. The Bertz CT molecular complexity index is 637. The minimum Gasteiger partial charge on any atom is -0.488 e. The van der Waals surface area contributed by atoms with Crippen LogP contribution in [0, 0.1) is 24.6 Å². The Balaban J connectivity index is 1.98. The van der Waals surface area contributed by atoms with Crippen molar-refractivity contribution in [1.82, 2.24) is 0 Å². The molecule has 0 atom stereocenters. The maximum Gasteiger partial charge on any atom is 0.126 e. The summed E-state index contributed by atoms with van der Waals surface area (Å²) in [5.41, 5.74) is 0.908. The highest BCUT2D eigenvalue weighted by Gasteiger charge is 2.04. The van der Waals surface area contributed by atoms with Crippen molar-refractivity contribution in [2.45, 2.75) is 20.0 Å². The molecule has 0 spiro atoms. The van der Waals surface area contributed by atoms with E-state index in [0.717, 1.165) is 15.3 Å². The summed E-state index contributed by atoms with van der Waals surface area (Å²) in [6.45, 7) is 2.36. The van der Waals surface area contributed by atoms with Gasteiger partial charge in [0.2, 0.25) is 0 Å². The Hall–Kier alpha value is -1.83. The average Bonchev–Trinajstić information content (AvgIpc) is 2.88. The molecule has 0 radical (unpaired) electrons. The van der Waals surface area contributed by atoms with Gasteiger partial charge in [0.05, 0.1) is 11.5 Å². The second kappa shape index (κ2) is 7.09. The number of aliphatic hydroxyl groups is 1. The highest BCUT2D eigenvalue weighted by molar-refractivity contribution is 7.12. The van der Waals surface area contributed by atoms with Crippen LogP contribution in [0.15, 0.2) is 30.3 Å². The van der Waals surface area contributed by atoms with Crippen LogP contribution >= 0.6 is 11.3 Å². The van der Waals surface area contributed by atoms with Gasteiger partial charge in [0, 0.05) is 17.4 Å². The number of rotatable bonds is 4. The molecule has 1 aromatic carbocycles. The highest BCUT2D eigenvalue weighted by Crippen LogP contribution is 2.22. The van der Waals surface area contributed by atoms with Crippen molar-refractivity contribution in [1.29, 1.82) is 0 Å². The van der Waals surface area contributed by atoms with E-state index in [1.807, 2.05) is 19.1 Å². The minimum absolute atomic E-state index is 0.0766. The van der Waals surface area contributed by atoms with E-state index < -0.39 is 0 Å². The first-order valence-electron chi connectivity index (χ1n) is 6.26. The van der Waals surface area contributed by atoms with Gasteiger partial charge in [0.15, 0.2) is 0 Å². The number of aryl methyl sites for hydroxylation is 1. The van der Waals surface area contributed by atoms with Crippen molar-refractivity contribution in [2.75, 3.05) is 6.61 Å². The summed E-state index contributed by atoms with van der Waals surface area (Å²) in [5.74, 6) is 6.12. The van der Waals surface area contributed by atoms with Crippen molar-refractivity contribution in [3.63, 3.8) is 0 Å². The summed E-state index contributed by atoms with van der Waals surface area (Å²) < 4.78 is 18.8. The predicted molar refractivity (Wildman–Crippen MR) is 78.4 cm³/mol. The monoisotopic (exact) mass is 290 g/mol. The fourth-order valence-electron chi connectivity index (χ4n) is 1.61. The lowest BCUT2D eigenvalue weighted by Gasteiger charge is -2.07. The average molecular weight is 290 g/mol. The molecule has 2 nitrogen and oxygen atoms in total. The zero-order chi connectivity index (χ0) is 14.4. The Morgan fingerprint density at radius 3 is 2.95 bits per heavy atom. The van der Waals surface area contributed by atoms with Gasteiger partial charge < -0.3 is 9.84 Å². The molecule has 1 N–H and O–H groups in total. The molecule has 0 bridgehead atoms. The maximum atomic E-state index is 13.1. The van der Waals surface area contributed by atoms with Gasteiger partial charge in [0.1, 0.15) is 18.2 Å². The number of hydrogen-bond acceptors (Lipinski definition) is 3. The van der Waals surface area contributed by atoms with Crippen molar-refractivity contribution < 1.29 is 14.2 Å². The van der Waals surface area contributed by atoms with Crippen LogP contribution in [-0.4, -0.2) is 11.7 Å². The van der Waals surface area contributed by atoms with Crippen molar-refractivity contribution in [2.24, 2.45) is 0 Å². The zero-order valence-electron chi connectivity index (χ0n) is 11.1. The molecular weight excluding hydrogens is 275 g/mol. The van der Waals surface area contributed by atoms with E-state index in [1.165, 1.54) is 23.5 Å². The first-order chi connectivity index (χ1) is 9.69. The van der Waals surface area contributed by atoms with E-state index in [-0.39, 0.29) is 12.4 Å². The minimum atomic E-state index is -0.299. The van der Waals surface area contributed by atoms with Gasteiger partial charge in [-0.15, -0.1) is 11.3 Å². The molecule has 0 aliphatic rings. The SMILES string of the molecule is Cc1ccc(F)cc1OCc1ccc(C#CCCO)s1. The quantitative estimate of drug-likeness (QED) is 0.873. The Labute approximate surface area is 121 Å². The lowest BCUT2D eigenvalue weighted by molar-refractivity contribution is 0.305. The smallest absolute Gasteiger partial charge is 0.126 e. The summed E-state index contributed by atoms with van der Waals surface area (Å²) in [5, 5.41) is 8.66. The second-order valence-corrected chi connectivity index (χ2v) is 5.41. The van der Waals surface area contributed by atoms with Crippen LogP contribution in [0.2, 0.25) is 0 Å². The summed E-state index contributed by atoms with van der Waals surface area (Å²) in [6, 6.07) is 8.38. The van der Waals surface area contributed by atoms with Crippen LogP contribution in [-0.2, 0) is 6.61 Å². The van der Waals surface area contributed by atoms with Crippen molar-refractivity contribution in [3.8, 4) is 17.6 Å². The summed E-state index contributed by atoms with van der Waals surface area (Å²) in [6.07, 6.45) is 0.478. The van der Waals surface area contributed by atoms with E-state index in [1.54, 1.807) is 6.07 Å². The number of aliphatic hydroxyl groups excluding tert-OH is 1. The molecule has 0 aliphatic heterocycles. The third-order valence-corrected chi connectivity index (χ3v) is 3.60. The maximum absolute atomic E-state index is 13.1. The van der Waals surface area contributed by atoms with Gasteiger partial charge in [-0.1, -0.05) is 17.9 Å². The number of benzene rings is 1. The molecule has 1 aromatic heterocycles. The van der Waals surface area contributed by atoms with Crippen molar-refractivity contribution >= 4 is 11.3 Å². The largest absolute Gasteiger partial charge is 0.488 e. The van der Waals surface area contributed by atoms with Crippen LogP contribution in [0.5, 0.6) is 5.75 Å². The third kappa shape index (κ3) is 4.09. The Morgan fingerprint density at radius 1 is 1.30 bits per heavy atom. The van der Waals surface area contributed by atoms with Crippen LogP contribution in [0.4, 0.5) is 4.39 Å². The fourth-order valence-corrected chi connectivity index (χ4v) is 2.40. The molecule has 0 fully saturated rings. The van der Waals surface area contributed by atoms with Gasteiger partial charge in [-0.3, -0.25) is 0 Å². The van der Waals surface area contributed by atoms with Crippen LogP contribution in [0.3, 0.4) is 0 Å². The molecule has 0 saturated heterocycles. The van der Waals surface area contributed by atoms with Crippen LogP contribution in [0.25, 0.3) is 0 Å². The second-order valence-electron chi connectivity index (χ2n) is 4.24. The lowest BCUT2D eigenvalue weighted by Crippen LogP contribution is -1.95. The Kier molecular flexibility index (Phi) is 5.16. The third-order valence-electron chi connectivity index (χ3n) is 2.63. The lowest BCUT2D eigenvalue weighted by atomic mass is 10.2.